The molecule has 2 nitrogen and oxygen atoms in total. The van der Waals surface area contributed by atoms with Gasteiger partial charge in [0.05, 0.1) is 6.42 Å². The number of ether oxygens (including phenoxy) is 1. The van der Waals surface area contributed by atoms with Crippen molar-refractivity contribution in [2.75, 3.05) is 0 Å². The van der Waals surface area contributed by atoms with Crippen molar-refractivity contribution < 1.29 is 9.53 Å². The summed E-state index contributed by atoms with van der Waals surface area (Å²) in [6.07, 6.45) is 6.44. The lowest BCUT2D eigenvalue weighted by atomic mass is 10.0. The number of terminal acetylenes is 1. The van der Waals surface area contributed by atoms with E-state index in [4.69, 9.17) is 11.2 Å². The lowest BCUT2D eigenvalue weighted by Crippen LogP contribution is -2.15. The molecule has 0 fully saturated rings. The highest BCUT2D eigenvalue weighted by Gasteiger charge is 2.16. The monoisotopic (exact) mass is 172 g/mol. The van der Waals surface area contributed by atoms with Crippen LogP contribution in [-0.4, -0.2) is 5.97 Å². The topological polar surface area (TPSA) is 26.3 Å². The molecule has 1 aliphatic heterocycles. The summed E-state index contributed by atoms with van der Waals surface area (Å²) < 4.78 is 5.04. The second-order valence-electron chi connectivity index (χ2n) is 2.94. The van der Waals surface area contributed by atoms with Gasteiger partial charge in [-0.15, -0.1) is 6.42 Å². The number of carbonyl (C=O) groups excluding carboxylic acids is 1. The zero-order valence-corrected chi connectivity index (χ0v) is 7.04. The van der Waals surface area contributed by atoms with E-state index in [0.717, 1.165) is 17.5 Å². The molecule has 1 aromatic rings. The Morgan fingerprint density at radius 2 is 2.23 bits per heavy atom. The van der Waals surface area contributed by atoms with Gasteiger partial charge in [0.25, 0.3) is 0 Å². The van der Waals surface area contributed by atoms with E-state index in [1.54, 1.807) is 6.07 Å². The minimum atomic E-state index is -0.179. The fourth-order valence-electron chi connectivity index (χ4n) is 1.36. The number of hydrogen-bond acceptors (Lipinski definition) is 2. The van der Waals surface area contributed by atoms with Crippen LogP contribution in [0.15, 0.2) is 18.2 Å². The molecule has 0 saturated carbocycles. The van der Waals surface area contributed by atoms with Crippen LogP contribution in [0.3, 0.4) is 0 Å². The van der Waals surface area contributed by atoms with Crippen molar-refractivity contribution >= 4 is 5.97 Å². The van der Waals surface area contributed by atoms with Gasteiger partial charge in [0.1, 0.15) is 5.75 Å². The standard InChI is InChI=1S/C11H8O2/c1-2-8-3-4-9-5-6-11(12)13-10(9)7-8/h1,3-4,7H,5-6H2. The molecule has 0 spiro atoms. The Balaban J connectivity index is 2.45. The van der Waals surface area contributed by atoms with Crippen LogP contribution in [0.5, 0.6) is 5.75 Å². The predicted molar refractivity (Wildman–Crippen MR) is 48.3 cm³/mol. The summed E-state index contributed by atoms with van der Waals surface area (Å²) in [5, 5.41) is 0. The molecular weight excluding hydrogens is 164 g/mol. The van der Waals surface area contributed by atoms with Gasteiger partial charge in [-0.1, -0.05) is 12.0 Å². The number of esters is 1. The average Bonchev–Trinajstić information content (AvgIpc) is 2.16. The molecule has 0 atom stereocenters. The summed E-state index contributed by atoms with van der Waals surface area (Å²) in [7, 11) is 0. The Morgan fingerprint density at radius 1 is 1.38 bits per heavy atom. The Hall–Kier alpha value is -1.75. The third kappa shape index (κ3) is 1.41. The van der Waals surface area contributed by atoms with Crippen LogP contribution in [0, 0.1) is 12.3 Å². The molecule has 0 aliphatic carbocycles. The molecule has 0 N–H and O–H groups in total. The van der Waals surface area contributed by atoms with E-state index in [1.807, 2.05) is 12.1 Å². The third-order valence-corrected chi connectivity index (χ3v) is 2.06. The molecule has 0 unspecified atom stereocenters. The molecule has 1 aliphatic rings. The van der Waals surface area contributed by atoms with Crippen molar-refractivity contribution in [1.82, 2.24) is 0 Å². The Bertz CT molecular complexity index is 399. The lowest BCUT2D eigenvalue weighted by Gasteiger charge is -2.14. The van der Waals surface area contributed by atoms with Gasteiger partial charge < -0.3 is 4.74 Å². The molecule has 2 rings (SSSR count). The van der Waals surface area contributed by atoms with Crippen LogP contribution in [0.25, 0.3) is 0 Å². The van der Waals surface area contributed by atoms with Gasteiger partial charge >= 0.3 is 5.97 Å². The number of hydrogen-bond donors (Lipinski definition) is 0. The van der Waals surface area contributed by atoms with E-state index in [0.29, 0.717) is 12.2 Å². The predicted octanol–water partition coefficient (Wildman–Crippen LogP) is 1.52. The van der Waals surface area contributed by atoms with Gasteiger partial charge in [0.2, 0.25) is 0 Å². The van der Waals surface area contributed by atoms with Crippen molar-refractivity contribution in [3.63, 3.8) is 0 Å². The summed E-state index contributed by atoms with van der Waals surface area (Å²) in [6.45, 7) is 0. The molecule has 0 aromatic heterocycles. The SMILES string of the molecule is C#Cc1ccc2c(c1)OC(=O)CC2. The first-order valence-corrected chi connectivity index (χ1v) is 4.10. The fraction of sp³-hybridized carbons (Fsp3) is 0.182. The molecule has 1 aromatic carbocycles. The lowest BCUT2D eigenvalue weighted by molar-refractivity contribution is -0.135. The van der Waals surface area contributed by atoms with Crippen LogP contribution in [0.1, 0.15) is 17.5 Å². The largest absolute Gasteiger partial charge is 0.426 e. The van der Waals surface area contributed by atoms with Crippen molar-refractivity contribution in [3.05, 3.63) is 29.3 Å². The summed E-state index contributed by atoms with van der Waals surface area (Å²) in [6, 6.07) is 5.50. The Morgan fingerprint density at radius 3 is 3.00 bits per heavy atom. The number of rotatable bonds is 0. The number of benzene rings is 1. The Kier molecular flexibility index (Phi) is 1.79. The van der Waals surface area contributed by atoms with E-state index >= 15 is 0 Å². The first-order chi connectivity index (χ1) is 6.29. The van der Waals surface area contributed by atoms with Crippen molar-refractivity contribution in [1.29, 1.82) is 0 Å². The molecule has 64 valence electrons. The molecule has 0 radical (unpaired) electrons. The maximum absolute atomic E-state index is 11.0. The van der Waals surface area contributed by atoms with Gasteiger partial charge in [0, 0.05) is 5.56 Å². The van der Waals surface area contributed by atoms with Gasteiger partial charge in [-0.05, 0) is 24.1 Å². The van der Waals surface area contributed by atoms with Gasteiger partial charge in [-0.25, -0.2) is 0 Å². The zero-order valence-electron chi connectivity index (χ0n) is 7.04. The van der Waals surface area contributed by atoms with E-state index in [9.17, 15) is 4.79 Å². The summed E-state index contributed by atoms with van der Waals surface area (Å²) in [5.74, 6) is 2.94. The zero-order chi connectivity index (χ0) is 9.26. The second kappa shape index (κ2) is 2.95. The van der Waals surface area contributed by atoms with E-state index in [2.05, 4.69) is 5.92 Å². The molecule has 2 heteroatoms. The summed E-state index contributed by atoms with van der Waals surface area (Å²) in [5.41, 5.74) is 1.80. The molecule has 0 saturated heterocycles. The van der Waals surface area contributed by atoms with Crippen molar-refractivity contribution in [2.45, 2.75) is 12.8 Å². The molecular formula is C11H8O2. The van der Waals surface area contributed by atoms with E-state index < -0.39 is 0 Å². The van der Waals surface area contributed by atoms with Gasteiger partial charge in [-0.3, -0.25) is 4.79 Å². The normalized spacial score (nSPS) is 14.2. The molecule has 13 heavy (non-hydrogen) atoms. The summed E-state index contributed by atoms with van der Waals surface area (Å²) in [4.78, 5) is 11.0. The van der Waals surface area contributed by atoms with Crippen molar-refractivity contribution in [2.24, 2.45) is 0 Å². The maximum atomic E-state index is 11.0. The quantitative estimate of drug-likeness (QED) is 0.337. The first-order valence-electron chi connectivity index (χ1n) is 4.10. The van der Waals surface area contributed by atoms with Crippen LogP contribution >= 0.6 is 0 Å². The first kappa shape index (κ1) is 7.88. The summed E-state index contributed by atoms with van der Waals surface area (Å²) >= 11 is 0. The van der Waals surface area contributed by atoms with Crippen molar-refractivity contribution in [3.8, 4) is 18.1 Å². The minimum absolute atomic E-state index is 0.179. The van der Waals surface area contributed by atoms with Crippen LogP contribution in [0.2, 0.25) is 0 Å². The van der Waals surface area contributed by atoms with Crippen LogP contribution < -0.4 is 4.74 Å². The van der Waals surface area contributed by atoms with Crippen LogP contribution in [-0.2, 0) is 11.2 Å². The highest BCUT2D eigenvalue weighted by molar-refractivity contribution is 5.75. The van der Waals surface area contributed by atoms with E-state index in [-0.39, 0.29) is 5.97 Å². The van der Waals surface area contributed by atoms with Gasteiger partial charge in [-0.2, -0.15) is 0 Å². The smallest absolute Gasteiger partial charge is 0.311 e. The molecule has 0 amide bonds. The molecule has 0 bridgehead atoms. The second-order valence-corrected chi connectivity index (χ2v) is 2.94. The van der Waals surface area contributed by atoms with Gasteiger partial charge in [0.15, 0.2) is 0 Å². The third-order valence-electron chi connectivity index (χ3n) is 2.06. The highest BCUT2D eigenvalue weighted by Crippen LogP contribution is 2.25. The maximum Gasteiger partial charge on any atom is 0.311 e. The number of carbonyl (C=O) groups is 1. The number of aryl methyl sites for hydroxylation is 1. The fourth-order valence-corrected chi connectivity index (χ4v) is 1.36. The van der Waals surface area contributed by atoms with Crippen LogP contribution in [0.4, 0.5) is 0 Å². The molecule has 1 heterocycles. The minimum Gasteiger partial charge on any atom is -0.426 e. The van der Waals surface area contributed by atoms with E-state index in [1.165, 1.54) is 0 Å². The average molecular weight is 172 g/mol. The Labute approximate surface area is 76.5 Å². The highest BCUT2D eigenvalue weighted by atomic mass is 16.5. The number of fused-ring (bicyclic) bond motifs is 1.